The summed E-state index contributed by atoms with van der Waals surface area (Å²) >= 11 is 0. The topological polar surface area (TPSA) is 131 Å². The van der Waals surface area contributed by atoms with Crippen LogP contribution in [0.3, 0.4) is 0 Å². The summed E-state index contributed by atoms with van der Waals surface area (Å²) in [6, 6.07) is 4.73. The maximum Gasteiger partial charge on any atom is 0.241 e. The summed E-state index contributed by atoms with van der Waals surface area (Å²) < 4.78 is 63.8. The highest BCUT2D eigenvalue weighted by molar-refractivity contribution is 7.89. The number of rotatable bonds is 10. The number of hydrogen-bond acceptors (Lipinski definition) is 7. The van der Waals surface area contributed by atoms with Gasteiger partial charge in [0.15, 0.2) is 0 Å². The first-order valence-electron chi connectivity index (χ1n) is 9.56. The highest BCUT2D eigenvalue weighted by Crippen LogP contribution is 2.17. The van der Waals surface area contributed by atoms with Crippen LogP contribution in [0, 0.1) is 5.92 Å². The molecule has 0 aromatic heterocycles. The molecule has 2 rings (SSSR count). The Kier molecular flexibility index (Phi) is 8.62. The lowest BCUT2D eigenvalue weighted by molar-refractivity contribution is -0.123. The highest BCUT2D eigenvalue weighted by Gasteiger charge is 2.29. The molecule has 0 saturated carbocycles. The van der Waals surface area contributed by atoms with Gasteiger partial charge in [-0.1, -0.05) is 13.8 Å². The summed E-state index contributed by atoms with van der Waals surface area (Å²) in [7, 11) is -6.00. The van der Waals surface area contributed by atoms with E-state index < -0.39 is 32.0 Å². The van der Waals surface area contributed by atoms with Crippen LogP contribution in [0.5, 0.6) is 5.75 Å². The Balaban J connectivity index is 1.98. The number of benzene rings is 1. The standard InChI is InChI=1S/C18H29N3O7S2/c1-14(2)17(20-30(25,26)16-6-4-15(27-3)5-7-16)18(22)19-8-13-29(23,24)21-9-11-28-12-10-21/h4-7,14,17,20H,8-13H2,1-3H3,(H,19,22)/t17-/m0/s1. The maximum absolute atomic E-state index is 12.6. The van der Waals surface area contributed by atoms with E-state index in [9.17, 15) is 21.6 Å². The monoisotopic (exact) mass is 463 g/mol. The summed E-state index contributed by atoms with van der Waals surface area (Å²) in [5.74, 6) is -0.698. The van der Waals surface area contributed by atoms with E-state index in [-0.39, 0.29) is 36.2 Å². The molecule has 1 saturated heterocycles. The van der Waals surface area contributed by atoms with Crippen molar-refractivity contribution in [1.29, 1.82) is 0 Å². The molecule has 1 aromatic carbocycles. The molecule has 10 nitrogen and oxygen atoms in total. The van der Waals surface area contributed by atoms with Crippen molar-refractivity contribution in [2.45, 2.75) is 24.8 Å². The molecule has 1 aliphatic rings. The summed E-state index contributed by atoms with van der Waals surface area (Å²) in [4.78, 5) is 12.6. The molecule has 30 heavy (non-hydrogen) atoms. The van der Waals surface area contributed by atoms with Crippen LogP contribution in [-0.4, -0.2) is 78.8 Å². The number of nitrogens with one attached hydrogen (secondary N) is 2. The molecular formula is C18H29N3O7S2. The van der Waals surface area contributed by atoms with Gasteiger partial charge in [0.2, 0.25) is 26.0 Å². The molecule has 0 aliphatic carbocycles. The average Bonchev–Trinajstić information content (AvgIpc) is 2.72. The van der Waals surface area contributed by atoms with Gasteiger partial charge in [-0.15, -0.1) is 0 Å². The lowest BCUT2D eigenvalue weighted by Gasteiger charge is -2.26. The van der Waals surface area contributed by atoms with Gasteiger partial charge in [0, 0.05) is 19.6 Å². The van der Waals surface area contributed by atoms with E-state index in [4.69, 9.17) is 9.47 Å². The Morgan fingerprint density at radius 1 is 1.13 bits per heavy atom. The number of morpholine rings is 1. The van der Waals surface area contributed by atoms with Gasteiger partial charge in [0.1, 0.15) is 11.8 Å². The van der Waals surface area contributed by atoms with Gasteiger partial charge in [-0.3, -0.25) is 4.79 Å². The molecule has 2 N–H and O–H groups in total. The Bertz CT molecular complexity index is 910. The van der Waals surface area contributed by atoms with Crippen LogP contribution in [0.4, 0.5) is 0 Å². The van der Waals surface area contributed by atoms with Gasteiger partial charge < -0.3 is 14.8 Å². The van der Waals surface area contributed by atoms with E-state index >= 15 is 0 Å². The van der Waals surface area contributed by atoms with Crippen molar-refractivity contribution in [2.24, 2.45) is 5.92 Å². The third kappa shape index (κ3) is 6.64. The molecule has 0 spiro atoms. The highest BCUT2D eigenvalue weighted by atomic mass is 32.2. The minimum atomic E-state index is -3.95. The predicted octanol–water partition coefficient (Wildman–Crippen LogP) is -0.224. The van der Waals surface area contributed by atoms with Crippen LogP contribution in [0.2, 0.25) is 0 Å². The van der Waals surface area contributed by atoms with E-state index in [2.05, 4.69) is 10.0 Å². The second kappa shape index (κ2) is 10.5. The first-order chi connectivity index (χ1) is 14.1. The number of carbonyl (C=O) groups is 1. The third-order valence-corrected chi connectivity index (χ3v) is 7.95. The minimum absolute atomic E-state index is 0.00311. The van der Waals surface area contributed by atoms with Crippen molar-refractivity contribution < 1.29 is 31.1 Å². The molecule has 0 bridgehead atoms. The van der Waals surface area contributed by atoms with Crippen molar-refractivity contribution >= 4 is 26.0 Å². The first kappa shape index (κ1) is 24.5. The molecule has 1 aromatic rings. The van der Waals surface area contributed by atoms with Gasteiger partial charge in [0.05, 0.1) is 31.0 Å². The summed E-state index contributed by atoms with van der Waals surface area (Å²) in [5, 5.41) is 2.53. The number of sulfonamides is 2. The third-order valence-electron chi connectivity index (χ3n) is 4.62. The minimum Gasteiger partial charge on any atom is -0.497 e. The molecule has 1 amide bonds. The average molecular weight is 464 g/mol. The summed E-state index contributed by atoms with van der Waals surface area (Å²) in [6.07, 6.45) is 0. The van der Waals surface area contributed by atoms with Gasteiger partial charge in [-0.05, 0) is 30.2 Å². The van der Waals surface area contributed by atoms with Crippen LogP contribution in [0.1, 0.15) is 13.8 Å². The second-order valence-corrected chi connectivity index (χ2v) is 10.9. The van der Waals surface area contributed by atoms with Gasteiger partial charge in [-0.2, -0.15) is 9.03 Å². The number of carbonyl (C=O) groups excluding carboxylic acids is 1. The number of methoxy groups -OCH3 is 1. The molecule has 1 heterocycles. The smallest absolute Gasteiger partial charge is 0.241 e. The Labute approximate surface area is 178 Å². The summed E-state index contributed by atoms with van der Waals surface area (Å²) in [6.45, 7) is 4.53. The largest absolute Gasteiger partial charge is 0.497 e. The molecule has 0 unspecified atom stereocenters. The van der Waals surface area contributed by atoms with Gasteiger partial charge in [0.25, 0.3) is 0 Å². The maximum atomic E-state index is 12.6. The Morgan fingerprint density at radius 3 is 2.27 bits per heavy atom. The molecule has 170 valence electrons. The Hall–Kier alpha value is -1.73. The normalized spacial score (nSPS) is 16.9. The fraction of sp³-hybridized carbons (Fsp3) is 0.611. The van der Waals surface area contributed by atoms with E-state index in [1.165, 1.54) is 35.7 Å². The summed E-state index contributed by atoms with van der Waals surface area (Å²) in [5.41, 5.74) is 0. The first-order valence-corrected chi connectivity index (χ1v) is 12.7. The number of amides is 1. The molecule has 1 atom stereocenters. The molecule has 1 aliphatic heterocycles. The zero-order chi connectivity index (χ0) is 22.4. The molecule has 1 fully saturated rings. The van der Waals surface area contributed by atoms with Crippen LogP contribution in [0.15, 0.2) is 29.2 Å². The van der Waals surface area contributed by atoms with Gasteiger partial charge in [-0.25, -0.2) is 16.8 Å². The van der Waals surface area contributed by atoms with E-state index in [1.54, 1.807) is 13.8 Å². The molecule has 12 heteroatoms. The fourth-order valence-corrected chi connectivity index (χ4v) is 5.52. The lowest BCUT2D eigenvalue weighted by Crippen LogP contribution is -2.51. The van der Waals surface area contributed by atoms with Crippen molar-refractivity contribution in [3.05, 3.63) is 24.3 Å². The predicted molar refractivity (Wildman–Crippen MR) is 111 cm³/mol. The Morgan fingerprint density at radius 2 is 1.73 bits per heavy atom. The van der Waals surface area contributed by atoms with E-state index in [0.29, 0.717) is 19.0 Å². The van der Waals surface area contributed by atoms with E-state index in [0.717, 1.165) is 0 Å². The SMILES string of the molecule is COc1ccc(S(=O)(=O)N[C@H](C(=O)NCCS(=O)(=O)N2CCOCC2)C(C)C)cc1. The quantitative estimate of drug-likeness (QED) is 0.490. The van der Waals surface area contributed by atoms with Crippen LogP contribution < -0.4 is 14.8 Å². The zero-order valence-electron chi connectivity index (χ0n) is 17.3. The van der Waals surface area contributed by atoms with Crippen molar-refractivity contribution in [2.75, 3.05) is 45.7 Å². The van der Waals surface area contributed by atoms with Gasteiger partial charge >= 0.3 is 0 Å². The second-order valence-electron chi connectivity index (χ2n) is 7.14. The van der Waals surface area contributed by atoms with E-state index in [1.807, 2.05) is 0 Å². The fourth-order valence-electron chi connectivity index (χ4n) is 2.85. The number of nitrogens with zero attached hydrogens (tertiary/aromatic N) is 1. The van der Waals surface area contributed by atoms with Crippen LogP contribution >= 0.6 is 0 Å². The van der Waals surface area contributed by atoms with Crippen LogP contribution in [-0.2, 0) is 29.6 Å². The number of hydrogen-bond donors (Lipinski definition) is 2. The van der Waals surface area contributed by atoms with Crippen molar-refractivity contribution in [1.82, 2.24) is 14.3 Å². The molecular weight excluding hydrogens is 434 g/mol. The van der Waals surface area contributed by atoms with Crippen LogP contribution in [0.25, 0.3) is 0 Å². The van der Waals surface area contributed by atoms with Crippen molar-refractivity contribution in [3.8, 4) is 5.75 Å². The number of ether oxygens (including phenoxy) is 2. The molecule has 0 radical (unpaired) electrons. The zero-order valence-corrected chi connectivity index (χ0v) is 19.0. The van der Waals surface area contributed by atoms with Crippen molar-refractivity contribution in [3.63, 3.8) is 0 Å². The lowest BCUT2D eigenvalue weighted by atomic mass is 10.1.